The maximum Gasteiger partial charge on any atom is 0.323 e. The number of nitrogens with zero attached hydrogens (tertiary/aromatic N) is 4. The van der Waals surface area contributed by atoms with Crippen LogP contribution in [0.1, 0.15) is 32.7 Å². The highest BCUT2D eigenvalue weighted by Gasteiger charge is 2.29. The molecule has 2 aliphatic heterocycles. The van der Waals surface area contributed by atoms with Crippen molar-refractivity contribution in [1.82, 2.24) is 19.4 Å². The molecule has 230 valence electrons. The fourth-order valence-electron chi connectivity index (χ4n) is 5.91. The van der Waals surface area contributed by atoms with Crippen molar-refractivity contribution in [1.29, 1.82) is 0 Å². The molecular formula is C35H30N6O5. The predicted octanol–water partition coefficient (Wildman–Crippen LogP) is 5.76. The molecule has 0 radical (unpaired) electrons. The summed E-state index contributed by atoms with van der Waals surface area (Å²) in [6, 6.07) is 17.4. The van der Waals surface area contributed by atoms with Crippen molar-refractivity contribution in [3.8, 4) is 16.9 Å². The number of carbonyl (C=O) groups excluding carboxylic acids is 3. The molecule has 2 aliphatic rings. The molecule has 0 spiro atoms. The molecular weight excluding hydrogens is 584 g/mol. The third-order valence-electron chi connectivity index (χ3n) is 8.23. The van der Waals surface area contributed by atoms with Crippen LogP contribution in [-0.4, -0.2) is 63.5 Å². The SMILES string of the molecule is COC1CCN(C(=O)c2ccc(-c3ccnc4c3c(C=C3Oc5ccc(NC(=O)Nc6cccnc6)cc5C3=O)cn4C)cc2)C1. The fourth-order valence-corrected chi connectivity index (χ4v) is 5.91. The van der Waals surface area contributed by atoms with Gasteiger partial charge in [-0.2, -0.15) is 0 Å². The number of urea groups is 1. The van der Waals surface area contributed by atoms with Crippen LogP contribution < -0.4 is 15.4 Å². The Balaban J connectivity index is 1.14. The van der Waals surface area contributed by atoms with Gasteiger partial charge in [-0.15, -0.1) is 0 Å². The van der Waals surface area contributed by atoms with Gasteiger partial charge in [-0.3, -0.25) is 14.6 Å². The molecule has 5 aromatic rings. The number of pyridine rings is 2. The van der Waals surface area contributed by atoms with E-state index in [-0.39, 0.29) is 23.6 Å². The summed E-state index contributed by atoms with van der Waals surface area (Å²) in [6.07, 6.45) is 9.43. The predicted molar refractivity (Wildman–Crippen MR) is 174 cm³/mol. The van der Waals surface area contributed by atoms with Crippen molar-refractivity contribution >= 4 is 46.2 Å². The monoisotopic (exact) mass is 614 g/mol. The van der Waals surface area contributed by atoms with Gasteiger partial charge in [0.2, 0.25) is 5.78 Å². The summed E-state index contributed by atoms with van der Waals surface area (Å²) in [6.45, 7) is 1.27. The molecule has 1 unspecified atom stereocenters. The maximum atomic E-state index is 13.5. The molecule has 3 aromatic heterocycles. The van der Waals surface area contributed by atoms with Crippen LogP contribution in [0.25, 0.3) is 28.2 Å². The van der Waals surface area contributed by atoms with Gasteiger partial charge in [0.25, 0.3) is 5.91 Å². The van der Waals surface area contributed by atoms with Crippen molar-refractivity contribution < 1.29 is 23.9 Å². The van der Waals surface area contributed by atoms with Crippen LogP contribution in [0, 0.1) is 0 Å². The van der Waals surface area contributed by atoms with Gasteiger partial charge in [0.15, 0.2) is 5.76 Å². The highest BCUT2D eigenvalue weighted by molar-refractivity contribution is 6.16. The van der Waals surface area contributed by atoms with E-state index in [9.17, 15) is 14.4 Å². The van der Waals surface area contributed by atoms with Crippen molar-refractivity contribution in [2.45, 2.75) is 12.5 Å². The van der Waals surface area contributed by atoms with Crippen LogP contribution in [0.2, 0.25) is 0 Å². The second kappa shape index (κ2) is 11.9. The van der Waals surface area contributed by atoms with Gasteiger partial charge < -0.3 is 29.6 Å². The average molecular weight is 615 g/mol. The van der Waals surface area contributed by atoms with E-state index in [4.69, 9.17) is 9.47 Å². The number of carbonyl (C=O) groups is 3. The first-order valence-electron chi connectivity index (χ1n) is 14.8. The number of hydrogen-bond acceptors (Lipinski definition) is 7. The number of ketones is 1. The van der Waals surface area contributed by atoms with Gasteiger partial charge in [-0.25, -0.2) is 9.78 Å². The summed E-state index contributed by atoms with van der Waals surface area (Å²) in [5, 5.41) is 6.29. The quantitative estimate of drug-likeness (QED) is 0.233. The third kappa shape index (κ3) is 5.48. The highest BCUT2D eigenvalue weighted by Crippen LogP contribution is 2.37. The number of nitrogens with one attached hydrogen (secondary N) is 2. The topological polar surface area (TPSA) is 128 Å². The number of fused-ring (bicyclic) bond motifs is 2. The van der Waals surface area contributed by atoms with E-state index < -0.39 is 6.03 Å². The molecule has 0 bridgehead atoms. The Morgan fingerprint density at radius 1 is 1.02 bits per heavy atom. The summed E-state index contributed by atoms with van der Waals surface area (Å²) in [5.41, 5.74) is 5.27. The molecule has 2 N–H and O–H groups in total. The summed E-state index contributed by atoms with van der Waals surface area (Å²) in [5.74, 6) is 0.257. The Morgan fingerprint density at radius 2 is 1.85 bits per heavy atom. The van der Waals surface area contributed by atoms with E-state index in [1.54, 1.807) is 55.9 Å². The lowest BCUT2D eigenvalue weighted by atomic mass is 9.99. The summed E-state index contributed by atoms with van der Waals surface area (Å²) >= 11 is 0. The summed E-state index contributed by atoms with van der Waals surface area (Å²) in [7, 11) is 3.57. The molecule has 5 heterocycles. The van der Waals surface area contributed by atoms with Gasteiger partial charge in [0.1, 0.15) is 11.4 Å². The minimum atomic E-state index is -0.459. The van der Waals surface area contributed by atoms with Gasteiger partial charge in [0, 0.05) is 68.0 Å². The number of benzene rings is 2. The number of anilines is 2. The van der Waals surface area contributed by atoms with Crippen LogP contribution in [-0.2, 0) is 11.8 Å². The van der Waals surface area contributed by atoms with E-state index in [0.717, 1.165) is 34.1 Å². The Hall–Kier alpha value is -5.81. The molecule has 11 nitrogen and oxygen atoms in total. The Labute approximate surface area is 264 Å². The number of aryl methyl sites for hydroxylation is 1. The van der Waals surface area contributed by atoms with Crippen molar-refractivity contribution in [2.24, 2.45) is 7.05 Å². The third-order valence-corrected chi connectivity index (χ3v) is 8.23. The number of likely N-dealkylation sites (tertiary alicyclic amines) is 1. The minimum absolute atomic E-state index is 0.0138. The molecule has 11 heteroatoms. The number of allylic oxidation sites excluding steroid dienone is 1. The van der Waals surface area contributed by atoms with E-state index in [1.807, 2.05) is 53.0 Å². The Bertz CT molecular complexity index is 2020. The lowest BCUT2D eigenvalue weighted by molar-refractivity contribution is 0.0724. The summed E-state index contributed by atoms with van der Waals surface area (Å²) in [4.78, 5) is 49.4. The largest absolute Gasteiger partial charge is 0.452 e. The molecule has 1 fully saturated rings. The Morgan fingerprint density at radius 3 is 2.61 bits per heavy atom. The second-order valence-corrected chi connectivity index (χ2v) is 11.2. The molecule has 0 aliphatic carbocycles. The first-order valence-corrected chi connectivity index (χ1v) is 14.8. The van der Waals surface area contributed by atoms with Gasteiger partial charge in [-0.1, -0.05) is 12.1 Å². The number of methoxy groups -OCH3 is 1. The molecule has 7 rings (SSSR count). The standard InChI is InChI=1S/C35H30N6O5/c1-40-19-23(16-30-32(42)28-17-24(9-10-29(28)46-30)38-35(44)39-25-4-3-13-36-18-25)31-27(11-14-37-33(31)40)21-5-7-22(8-6-21)34(43)41-15-12-26(20-41)45-2/h3-11,13-14,16-19,26H,12,15,20H2,1-2H3,(H2,38,39,44). The number of amides is 3. The summed E-state index contributed by atoms with van der Waals surface area (Å²) < 4.78 is 13.3. The number of aromatic nitrogens is 3. The first-order chi connectivity index (χ1) is 22.4. The first kappa shape index (κ1) is 28.9. The van der Waals surface area contributed by atoms with Crippen molar-refractivity contribution in [2.75, 3.05) is 30.8 Å². The molecule has 0 saturated carbocycles. The number of ether oxygens (including phenoxy) is 2. The smallest absolute Gasteiger partial charge is 0.323 e. The van der Waals surface area contributed by atoms with Gasteiger partial charge in [-0.05, 0) is 72.2 Å². The van der Waals surface area contributed by atoms with Gasteiger partial charge in [0.05, 0.1) is 23.6 Å². The van der Waals surface area contributed by atoms with E-state index >= 15 is 0 Å². The van der Waals surface area contributed by atoms with Crippen LogP contribution in [0.3, 0.4) is 0 Å². The second-order valence-electron chi connectivity index (χ2n) is 11.2. The molecule has 46 heavy (non-hydrogen) atoms. The van der Waals surface area contributed by atoms with E-state index in [0.29, 0.717) is 41.3 Å². The van der Waals surface area contributed by atoms with Gasteiger partial charge >= 0.3 is 6.03 Å². The van der Waals surface area contributed by atoms with Crippen LogP contribution in [0.15, 0.2) is 91.2 Å². The lowest BCUT2D eigenvalue weighted by Crippen LogP contribution is -2.29. The van der Waals surface area contributed by atoms with Crippen LogP contribution >= 0.6 is 0 Å². The number of rotatable bonds is 6. The lowest BCUT2D eigenvalue weighted by Gasteiger charge is -2.16. The zero-order chi connectivity index (χ0) is 31.8. The number of hydrogen-bond donors (Lipinski definition) is 2. The molecule has 1 atom stereocenters. The number of Topliss-reactive ketones (excluding diaryl/α,β-unsaturated/α-hetero) is 1. The fraction of sp³-hybridized carbons (Fsp3) is 0.171. The highest BCUT2D eigenvalue weighted by atomic mass is 16.5. The normalized spacial score (nSPS) is 16.5. The molecule has 1 saturated heterocycles. The van der Waals surface area contributed by atoms with E-state index in [2.05, 4.69) is 20.6 Å². The maximum absolute atomic E-state index is 13.5. The van der Waals surface area contributed by atoms with Crippen molar-refractivity contribution in [3.63, 3.8) is 0 Å². The van der Waals surface area contributed by atoms with E-state index in [1.165, 1.54) is 6.20 Å². The zero-order valence-corrected chi connectivity index (χ0v) is 25.2. The minimum Gasteiger partial charge on any atom is -0.452 e. The molecule has 2 aromatic carbocycles. The zero-order valence-electron chi connectivity index (χ0n) is 25.2. The van der Waals surface area contributed by atoms with Crippen molar-refractivity contribution in [3.05, 3.63) is 108 Å². The Kier molecular flexibility index (Phi) is 7.51. The average Bonchev–Trinajstić information content (AvgIpc) is 3.77. The van der Waals surface area contributed by atoms with Crippen LogP contribution in [0.5, 0.6) is 5.75 Å². The molecule has 3 amide bonds. The van der Waals surface area contributed by atoms with Crippen LogP contribution in [0.4, 0.5) is 16.2 Å².